The Balaban J connectivity index is 1.80. The van der Waals surface area contributed by atoms with Crippen molar-refractivity contribution in [2.24, 2.45) is 17.1 Å². The van der Waals surface area contributed by atoms with Crippen molar-refractivity contribution in [3.8, 4) is 0 Å². The van der Waals surface area contributed by atoms with Crippen LogP contribution in [0.3, 0.4) is 0 Å². The quantitative estimate of drug-likeness (QED) is 0.732. The molecule has 2 rings (SSSR count). The lowest BCUT2D eigenvalue weighted by Crippen LogP contribution is -2.48. The minimum Gasteiger partial charge on any atom is -0.392 e. The molecule has 0 aromatic rings. The second-order valence-electron chi connectivity index (χ2n) is 6.48. The maximum atomic E-state index is 12.5. The zero-order valence-corrected chi connectivity index (χ0v) is 13.3. The highest BCUT2D eigenvalue weighted by Crippen LogP contribution is 2.38. The number of nitrogens with two attached hydrogens (primary N) is 1. The Bertz CT molecular complexity index is 360. The average molecular weight is 297 g/mol. The highest BCUT2D eigenvalue weighted by atomic mass is 32.1. The molecule has 20 heavy (non-hydrogen) atoms. The predicted molar refractivity (Wildman–Crippen MR) is 85.5 cm³/mol. The Hall–Kier alpha value is -0.680. The molecule has 5 heteroatoms. The van der Waals surface area contributed by atoms with Crippen LogP contribution in [0.5, 0.6) is 0 Å². The molecule has 2 aliphatic rings. The first kappa shape index (κ1) is 15.7. The standard InChI is InChI=1S/C15H27N3OS/c1-12(11-18-8-4-5-9-18)10-17-14(19)15(13(16)20)6-2-3-7-15/h12H,2-11H2,1H3,(H2,16,20)(H,17,19). The van der Waals surface area contributed by atoms with E-state index in [4.69, 9.17) is 18.0 Å². The minimum absolute atomic E-state index is 0.0516. The fraction of sp³-hybridized carbons (Fsp3) is 0.867. The SMILES string of the molecule is CC(CNC(=O)C1(C(N)=S)CCCC1)CN1CCCC1. The molecule has 0 radical (unpaired) electrons. The first-order chi connectivity index (χ1) is 9.54. The van der Waals surface area contributed by atoms with Gasteiger partial charge in [-0.2, -0.15) is 0 Å². The number of thiocarbonyl (C=S) groups is 1. The highest BCUT2D eigenvalue weighted by Gasteiger charge is 2.43. The molecule has 2 fully saturated rings. The van der Waals surface area contributed by atoms with Crippen LogP contribution < -0.4 is 11.1 Å². The zero-order valence-electron chi connectivity index (χ0n) is 12.5. The molecule has 3 N–H and O–H groups in total. The normalized spacial score (nSPS) is 23.6. The number of carbonyl (C=O) groups excluding carboxylic acids is 1. The third-order valence-electron chi connectivity index (χ3n) is 4.74. The van der Waals surface area contributed by atoms with Gasteiger partial charge < -0.3 is 16.0 Å². The van der Waals surface area contributed by atoms with Crippen LogP contribution in [0.15, 0.2) is 0 Å². The summed E-state index contributed by atoms with van der Waals surface area (Å²) in [6.07, 6.45) is 6.35. The van der Waals surface area contributed by atoms with E-state index in [1.165, 1.54) is 25.9 Å². The molecular weight excluding hydrogens is 270 g/mol. The number of likely N-dealkylation sites (tertiary alicyclic amines) is 1. The van der Waals surface area contributed by atoms with E-state index in [2.05, 4.69) is 17.1 Å². The summed E-state index contributed by atoms with van der Waals surface area (Å²) < 4.78 is 0. The summed E-state index contributed by atoms with van der Waals surface area (Å²) in [6.45, 7) is 6.39. The lowest BCUT2D eigenvalue weighted by Gasteiger charge is -2.28. The second-order valence-corrected chi connectivity index (χ2v) is 6.92. The average Bonchev–Trinajstić information content (AvgIpc) is 3.07. The van der Waals surface area contributed by atoms with Crippen molar-refractivity contribution < 1.29 is 4.79 Å². The van der Waals surface area contributed by atoms with Gasteiger partial charge in [0.05, 0.1) is 10.4 Å². The summed E-state index contributed by atoms with van der Waals surface area (Å²) in [5.74, 6) is 0.526. The molecule has 114 valence electrons. The summed E-state index contributed by atoms with van der Waals surface area (Å²) in [7, 11) is 0. The van der Waals surface area contributed by atoms with E-state index < -0.39 is 5.41 Å². The molecule has 1 amide bonds. The van der Waals surface area contributed by atoms with E-state index in [1.807, 2.05) is 0 Å². The number of nitrogens with zero attached hydrogens (tertiary/aromatic N) is 1. The van der Waals surface area contributed by atoms with Gasteiger partial charge in [0.1, 0.15) is 0 Å². The zero-order chi connectivity index (χ0) is 14.6. The number of hydrogen-bond acceptors (Lipinski definition) is 3. The van der Waals surface area contributed by atoms with Crippen LogP contribution in [0.1, 0.15) is 45.4 Å². The molecule has 4 nitrogen and oxygen atoms in total. The van der Waals surface area contributed by atoms with E-state index in [0.29, 0.717) is 10.9 Å². The molecular formula is C15H27N3OS. The summed E-state index contributed by atoms with van der Waals surface area (Å²) in [5, 5.41) is 3.09. The van der Waals surface area contributed by atoms with E-state index in [-0.39, 0.29) is 5.91 Å². The Morgan fingerprint density at radius 2 is 1.90 bits per heavy atom. The fourth-order valence-corrected chi connectivity index (χ4v) is 3.77. The Kier molecular flexibility index (Phi) is 5.38. The summed E-state index contributed by atoms with van der Waals surface area (Å²) in [5.41, 5.74) is 5.27. The molecule has 1 heterocycles. The van der Waals surface area contributed by atoms with Crippen LogP contribution in [0.4, 0.5) is 0 Å². The van der Waals surface area contributed by atoms with Crippen molar-refractivity contribution in [3.63, 3.8) is 0 Å². The lowest BCUT2D eigenvalue weighted by molar-refractivity contribution is -0.127. The van der Waals surface area contributed by atoms with E-state index in [1.54, 1.807) is 0 Å². The first-order valence-electron chi connectivity index (χ1n) is 7.85. The lowest BCUT2D eigenvalue weighted by atomic mass is 9.85. The van der Waals surface area contributed by atoms with Crippen molar-refractivity contribution in [2.45, 2.75) is 45.4 Å². The summed E-state index contributed by atoms with van der Waals surface area (Å²) in [6, 6.07) is 0. The van der Waals surface area contributed by atoms with Gasteiger partial charge in [-0.3, -0.25) is 4.79 Å². The smallest absolute Gasteiger partial charge is 0.233 e. The molecule has 1 saturated heterocycles. The van der Waals surface area contributed by atoms with Crippen LogP contribution >= 0.6 is 12.2 Å². The van der Waals surface area contributed by atoms with Gasteiger partial charge in [-0.15, -0.1) is 0 Å². The van der Waals surface area contributed by atoms with Crippen LogP contribution in [0.25, 0.3) is 0 Å². The van der Waals surface area contributed by atoms with Gasteiger partial charge in [-0.1, -0.05) is 32.0 Å². The third kappa shape index (κ3) is 3.50. The van der Waals surface area contributed by atoms with Crippen LogP contribution in [-0.4, -0.2) is 42.0 Å². The monoisotopic (exact) mass is 297 g/mol. The van der Waals surface area contributed by atoms with Crippen molar-refractivity contribution in [3.05, 3.63) is 0 Å². The summed E-state index contributed by atoms with van der Waals surface area (Å²) >= 11 is 5.15. The molecule has 0 bridgehead atoms. The number of rotatable bonds is 6. The number of carbonyl (C=O) groups is 1. The van der Waals surface area contributed by atoms with Crippen molar-refractivity contribution >= 4 is 23.1 Å². The molecule has 1 atom stereocenters. The van der Waals surface area contributed by atoms with Crippen LogP contribution in [0, 0.1) is 11.3 Å². The molecule has 1 saturated carbocycles. The van der Waals surface area contributed by atoms with Crippen molar-refractivity contribution in [2.75, 3.05) is 26.2 Å². The first-order valence-corrected chi connectivity index (χ1v) is 8.26. The molecule has 1 unspecified atom stereocenters. The summed E-state index contributed by atoms with van der Waals surface area (Å²) in [4.78, 5) is 15.3. The van der Waals surface area contributed by atoms with E-state index in [0.717, 1.165) is 38.8 Å². The van der Waals surface area contributed by atoms with E-state index >= 15 is 0 Å². The maximum absolute atomic E-state index is 12.5. The predicted octanol–water partition coefficient (Wildman–Crippen LogP) is 1.68. The van der Waals surface area contributed by atoms with Crippen molar-refractivity contribution in [1.29, 1.82) is 0 Å². The molecule has 1 aliphatic heterocycles. The molecule has 0 aromatic heterocycles. The van der Waals surface area contributed by atoms with Gasteiger partial charge in [0.2, 0.25) is 5.91 Å². The van der Waals surface area contributed by atoms with Crippen LogP contribution in [0.2, 0.25) is 0 Å². The van der Waals surface area contributed by atoms with Gasteiger partial charge in [-0.05, 0) is 44.7 Å². The maximum Gasteiger partial charge on any atom is 0.233 e. The van der Waals surface area contributed by atoms with Gasteiger partial charge in [0.25, 0.3) is 0 Å². The molecule has 0 aromatic carbocycles. The van der Waals surface area contributed by atoms with E-state index in [9.17, 15) is 4.79 Å². The van der Waals surface area contributed by atoms with Gasteiger partial charge >= 0.3 is 0 Å². The largest absolute Gasteiger partial charge is 0.392 e. The number of nitrogens with one attached hydrogen (secondary N) is 1. The van der Waals surface area contributed by atoms with Crippen molar-refractivity contribution in [1.82, 2.24) is 10.2 Å². The Morgan fingerprint density at radius 3 is 2.45 bits per heavy atom. The van der Waals surface area contributed by atoms with Gasteiger partial charge in [0, 0.05) is 13.1 Å². The van der Waals surface area contributed by atoms with Crippen LogP contribution in [-0.2, 0) is 4.79 Å². The Morgan fingerprint density at radius 1 is 1.30 bits per heavy atom. The number of amides is 1. The minimum atomic E-state index is -0.567. The number of hydrogen-bond donors (Lipinski definition) is 2. The molecule has 0 spiro atoms. The van der Waals surface area contributed by atoms with Gasteiger partial charge in [0.15, 0.2) is 0 Å². The fourth-order valence-electron chi connectivity index (χ4n) is 3.47. The molecule has 1 aliphatic carbocycles. The topological polar surface area (TPSA) is 58.4 Å². The third-order valence-corrected chi connectivity index (χ3v) is 5.13. The Labute approximate surface area is 127 Å². The van der Waals surface area contributed by atoms with Gasteiger partial charge in [-0.25, -0.2) is 0 Å². The highest BCUT2D eigenvalue weighted by molar-refractivity contribution is 7.80. The second kappa shape index (κ2) is 6.85.